The highest BCUT2D eigenvalue weighted by atomic mass is 16.5. The lowest BCUT2D eigenvalue weighted by molar-refractivity contribution is 0.101. The fourth-order valence-electron chi connectivity index (χ4n) is 1.18. The molecule has 1 aromatic heterocycles. The Morgan fingerprint density at radius 1 is 1.50 bits per heavy atom. The second kappa shape index (κ2) is 2.44. The molecule has 0 aliphatic carbocycles. The van der Waals surface area contributed by atoms with Crippen molar-refractivity contribution in [3.63, 3.8) is 0 Å². The van der Waals surface area contributed by atoms with E-state index in [2.05, 4.69) is 5.16 Å². The van der Waals surface area contributed by atoms with Gasteiger partial charge in [-0.25, -0.2) is 0 Å². The molecule has 3 nitrogen and oxygen atoms in total. The van der Waals surface area contributed by atoms with Crippen LogP contribution in [0.1, 0.15) is 17.3 Å². The topological polar surface area (TPSA) is 43.1 Å². The number of ketones is 1. The first-order chi connectivity index (χ1) is 5.79. The van der Waals surface area contributed by atoms with Crippen LogP contribution in [-0.4, -0.2) is 10.9 Å². The summed E-state index contributed by atoms with van der Waals surface area (Å²) in [4.78, 5) is 11.1. The average Bonchev–Trinajstić information content (AvgIpc) is 2.49. The number of nitrogens with zero attached hydrogens (tertiary/aromatic N) is 1. The van der Waals surface area contributed by atoms with E-state index in [9.17, 15) is 4.79 Å². The fraction of sp³-hybridized carbons (Fsp3) is 0.111. The van der Waals surface area contributed by atoms with Crippen LogP contribution < -0.4 is 0 Å². The van der Waals surface area contributed by atoms with E-state index >= 15 is 0 Å². The molecule has 1 heterocycles. The Morgan fingerprint density at radius 3 is 3.08 bits per heavy atom. The summed E-state index contributed by atoms with van der Waals surface area (Å²) in [7, 11) is 0. The first kappa shape index (κ1) is 7.03. The Kier molecular flexibility index (Phi) is 1.43. The zero-order valence-corrected chi connectivity index (χ0v) is 6.57. The second-order valence-electron chi connectivity index (χ2n) is 2.61. The average molecular weight is 161 g/mol. The van der Waals surface area contributed by atoms with Crippen LogP contribution in [-0.2, 0) is 0 Å². The molecule has 2 rings (SSSR count). The van der Waals surface area contributed by atoms with Crippen LogP contribution in [0.3, 0.4) is 0 Å². The van der Waals surface area contributed by atoms with Crippen LogP contribution in [0.25, 0.3) is 10.9 Å². The van der Waals surface area contributed by atoms with E-state index in [1.807, 2.05) is 12.1 Å². The van der Waals surface area contributed by atoms with Gasteiger partial charge in [0.25, 0.3) is 0 Å². The number of Topliss-reactive ketones (excluding diaryl/α,β-unsaturated/α-hetero) is 1. The second-order valence-corrected chi connectivity index (χ2v) is 2.61. The van der Waals surface area contributed by atoms with Gasteiger partial charge in [0.2, 0.25) is 0 Å². The van der Waals surface area contributed by atoms with E-state index in [1.165, 1.54) is 13.2 Å². The molecule has 2 aromatic rings. The van der Waals surface area contributed by atoms with E-state index in [1.54, 1.807) is 6.07 Å². The van der Waals surface area contributed by atoms with Crippen LogP contribution in [0.5, 0.6) is 0 Å². The van der Waals surface area contributed by atoms with Crippen LogP contribution >= 0.6 is 0 Å². The molecule has 60 valence electrons. The third kappa shape index (κ3) is 0.906. The largest absolute Gasteiger partial charge is 0.363 e. The molecule has 0 radical (unpaired) electrons. The summed E-state index contributed by atoms with van der Waals surface area (Å²) < 4.78 is 4.75. The van der Waals surface area contributed by atoms with Crippen molar-refractivity contribution in [3.05, 3.63) is 30.0 Å². The molecular formula is C9H7NO2. The molecule has 0 atom stereocenters. The number of carbonyl (C=O) groups excluding carboxylic acids is 1. The summed E-state index contributed by atoms with van der Waals surface area (Å²) >= 11 is 0. The lowest BCUT2D eigenvalue weighted by Crippen LogP contribution is -1.92. The van der Waals surface area contributed by atoms with Crippen molar-refractivity contribution in [3.8, 4) is 0 Å². The molecule has 0 spiro atoms. The molecule has 0 N–H and O–H groups in total. The van der Waals surface area contributed by atoms with E-state index in [4.69, 9.17) is 4.52 Å². The molecule has 0 saturated heterocycles. The molecule has 1 aromatic carbocycles. The van der Waals surface area contributed by atoms with E-state index < -0.39 is 0 Å². The molecule has 12 heavy (non-hydrogen) atoms. The van der Waals surface area contributed by atoms with Crippen LogP contribution in [0.15, 0.2) is 29.0 Å². The van der Waals surface area contributed by atoms with Crippen LogP contribution in [0.4, 0.5) is 0 Å². The maximum absolute atomic E-state index is 11.1. The van der Waals surface area contributed by atoms with Crippen molar-refractivity contribution >= 4 is 16.7 Å². The van der Waals surface area contributed by atoms with E-state index in [0.717, 1.165) is 5.39 Å². The number of hydrogen-bond donors (Lipinski definition) is 0. The minimum Gasteiger partial charge on any atom is -0.363 e. The SMILES string of the molecule is CC(=O)c1cccc2conc12. The van der Waals surface area contributed by atoms with Gasteiger partial charge in [-0.2, -0.15) is 0 Å². The van der Waals surface area contributed by atoms with Crippen molar-refractivity contribution in [2.75, 3.05) is 0 Å². The maximum atomic E-state index is 11.1. The third-order valence-corrected chi connectivity index (χ3v) is 1.77. The lowest BCUT2D eigenvalue weighted by Gasteiger charge is -1.93. The highest BCUT2D eigenvalue weighted by Gasteiger charge is 2.07. The monoisotopic (exact) mass is 161 g/mol. The number of benzene rings is 1. The van der Waals surface area contributed by atoms with Gasteiger partial charge >= 0.3 is 0 Å². The smallest absolute Gasteiger partial charge is 0.162 e. The summed E-state index contributed by atoms with van der Waals surface area (Å²) in [5, 5.41) is 4.61. The summed E-state index contributed by atoms with van der Waals surface area (Å²) in [5.74, 6) is 0.00880. The molecule has 0 unspecified atom stereocenters. The molecule has 0 aliphatic rings. The van der Waals surface area contributed by atoms with Crippen molar-refractivity contribution < 1.29 is 9.32 Å². The minimum absolute atomic E-state index is 0.00880. The molecule has 0 bridgehead atoms. The van der Waals surface area contributed by atoms with Crippen LogP contribution in [0.2, 0.25) is 0 Å². The van der Waals surface area contributed by atoms with Crippen LogP contribution in [0, 0.1) is 0 Å². The zero-order valence-electron chi connectivity index (χ0n) is 6.57. The van der Waals surface area contributed by atoms with Crippen molar-refractivity contribution in [2.24, 2.45) is 0 Å². The van der Waals surface area contributed by atoms with Gasteiger partial charge in [0.1, 0.15) is 11.8 Å². The van der Waals surface area contributed by atoms with E-state index in [0.29, 0.717) is 11.1 Å². The first-order valence-corrected chi connectivity index (χ1v) is 3.63. The van der Waals surface area contributed by atoms with Gasteiger partial charge in [-0.05, 0) is 19.1 Å². The molecular weight excluding hydrogens is 154 g/mol. The number of carbonyl (C=O) groups is 1. The molecule has 0 amide bonds. The van der Waals surface area contributed by atoms with Gasteiger partial charge < -0.3 is 4.52 Å². The number of aromatic nitrogens is 1. The number of fused-ring (bicyclic) bond motifs is 1. The molecule has 0 fully saturated rings. The van der Waals surface area contributed by atoms with Gasteiger partial charge in [-0.3, -0.25) is 4.79 Å². The molecule has 0 saturated carbocycles. The van der Waals surface area contributed by atoms with Gasteiger partial charge in [0, 0.05) is 10.9 Å². The highest BCUT2D eigenvalue weighted by molar-refractivity contribution is 6.05. The standard InChI is InChI=1S/C9H7NO2/c1-6(11)8-4-2-3-7-5-12-10-9(7)8/h2-5H,1H3. The highest BCUT2D eigenvalue weighted by Crippen LogP contribution is 2.16. The zero-order chi connectivity index (χ0) is 8.55. The Bertz CT molecular complexity index is 431. The molecule has 3 heteroatoms. The minimum atomic E-state index is 0.00880. The maximum Gasteiger partial charge on any atom is 0.162 e. The van der Waals surface area contributed by atoms with Gasteiger partial charge in [-0.1, -0.05) is 11.2 Å². The Labute approximate surface area is 69.0 Å². The van der Waals surface area contributed by atoms with Gasteiger partial charge in [0.05, 0.1) is 0 Å². The summed E-state index contributed by atoms with van der Waals surface area (Å²) in [5.41, 5.74) is 1.26. The van der Waals surface area contributed by atoms with Crippen molar-refractivity contribution in [2.45, 2.75) is 6.92 Å². The van der Waals surface area contributed by atoms with Gasteiger partial charge in [0.15, 0.2) is 5.78 Å². The predicted molar refractivity (Wildman–Crippen MR) is 44.0 cm³/mol. The normalized spacial score (nSPS) is 10.4. The fourth-order valence-corrected chi connectivity index (χ4v) is 1.18. The Hall–Kier alpha value is -1.64. The summed E-state index contributed by atoms with van der Waals surface area (Å²) in [6.07, 6.45) is 1.53. The van der Waals surface area contributed by atoms with Crippen molar-refractivity contribution in [1.82, 2.24) is 5.16 Å². The Morgan fingerprint density at radius 2 is 2.33 bits per heavy atom. The van der Waals surface area contributed by atoms with Crippen molar-refractivity contribution in [1.29, 1.82) is 0 Å². The molecule has 0 aliphatic heterocycles. The quantitative estimate of drug-likeness (QED) is 0.601. The predicted octanol–water partition coefficient (Wildman–Crippen LogP) is 2.03. The summed E-state index contributed by atoms with van der Waals surface area (Å²) in [6.45, 7) is 1.52. The first-order valence-electron chi connectivity index (χ1n) is 3.63. The number of rotatable bonds is 1. The third-order valence-electron chi connectivity index (χ3n) is 1.77. The van der Waals surface area contributed by atoms with E-state index in [-0.39, 0.29) is 5.78 Å². The number of hydrogen-bond acceptors (Lipinski definition) is 3. The summed E-state index contributed by atoms with van der Waals surface area (Å²) in [6, 6.07) is 5.42. The Balaban J connectivity index is 2.82. The lowest BCUT2D eigenvalue weighted by atomic mass is 10.1. The van der Waals surface area contributed by atoms with Gasteiger partial charge in [-0.15, -0.1) is 0 Å².